The van der Waals surface area contributed by atoms with Crippen LogP contribution < -0.4 is 4.72 Å². The number of amides is 1. The molecule has 0 saturated carbocycles. The van der Waals surface area contributed by atoms with Gasteiger partial charge >= 0.3 is 5.97 Å². The second-order valence-electron chi connectivity index (χ2n) is 6.36. The number of halogens is 1. The molecule has 2 atom stereocenters. The fraction of sp³-hybridized carbons (Fsp3) is 0.353. The number of sulfonamides is 1. The number of carbonyl (C=O) groups is 2. The van der Waals surface area contributed by atoms with E-state index in [0.29, 0.717) is 0 Å². The lowest BCUT2D eigenvalue weighted by Gasteiger charge is -2.09. The van der Waals surface area contributed by atoms with Gasteiger partial charge in [0.15, 0.2) is 0 Å². The number of hydrogen-bond donors (Lipinski definition) is 2. The van der Waals surface area contributed by atoms with E-state index in [-0.39, 0.29) is 36.5 Å². The minimum atomic E-state index is -4.20. The Kier molecular flexibility index (Phi) is 5.75. The van der Waals surface area contributed by atoms with E-state index < -0.39 is 39.7 Å². The molecule has 2 unspecified atom stereocenters. The fourth-order valence-corrected chi connectivity index (χ4v) is 3.84. The molecule has 28 heavy (non-hydrogen) atoms. The molecule has 1 aromatic carbocycles. The monoisotopic (exact) mass is 411 g/mol. The van der Waals surface area contributed by atoms with Crippen molar-refractivity contribution in [2.45, 2.75) is 30.3 Å². The summed E-state index contributed by atoms with van der Waals surface area (Å²) < 4.78 is 47.1. The normalized spacial score (nSPS) is 19.5. The molecule has 1 aliphatic heterocycles. The molecular formula is C17H18FN3O6S. The van der Waals surface area contributed by atoms with Gasteiger partial charge in [0.2, 0.25) is 5.91 Å². The SMILES string of the molecule is O=C(O)CCC1CC(C(=O)NS(=O)(=O)c2cnn(-c3ccccc3F)c2)CO1. The number of nitrogens with zero attached hydrogens (tertiary/aromatic N) is 2. The van der Waals surface area contributed by atoms with Gasteiger partial charge in [0.05, 0.1) is 31.0 Å². The molecule has 0 spiro atoms. The van der Waals surface area contributed by atoms with Crippen LogP contribution in [-0.2, 0) is 24.3 Å². The molecule has 2 N–H and O–H groups in total. The summed E-state index contributed by atoms with van der Waals surface area (Å²) in [7, 11) is -4.20. The van der Waals surface area contributed by atoms with Gasteiger partial charge in [0.25, 0.3) is 10.0 Å². The zero-order chi connectivity index (χ0) is 20.3. The summed E-state index contributed by atoms with van der Waals surface area (Å²) in [5.41, 5.74) is 0.0701. The van der Waals surface area contributed by atoms with Gasteiger partial charge in [-0.3, -0.25) is 9.59 Å². The zero-order valence-electron chi connectivity index (χ0n) is 14.6. The van der Waals surface area contributed by atoms with Gasteiger partial charge in [-0.2, -0.15) is 5.10 Å². The molecule has 1 amide bonds. The summed E-state index contributed by atoms with van der Waals surface area (Å²) in [6, 6.07) is 5.72. The molecule has 2 heterocycles. The Morgan fingerprint density at radius 2 is 2.11 bits per heavy atom. The fourth-order valence-electron chi connectivity index (χ4n) is 2.86. The van der Waals surface area contributed by atoms with Crippen LogP contribution in [0.3, 0.4) is 0 Å². The van der Waals surface area contributed by atoms with E-state index in [1.54, 1.807) is 6.07 Å². The molecule has 1 aromatic heterocycles. The largest absolute Gasteiger partial charge is 0.481 e. The molecule has 0 radical (unpaired) electrons. The van der Waals surface area contributed by atoms with Crippen LogP contribution in [0.4, 0.5) is 4.39 Å². The number of hydrogen-bond acceptors (Lipinski definition) is 6. The minimum Gasteiger partial charge on any atom is -0.481 e. The Morgan fingerprint density at radius 3 is 2.82 bits per heavy atom. The molecule has 11 heteroatoms. The second kappa shape index (κ2) is 8.07. The summed E-state index contributed by atoms with van der Waals surface area (Å²) >= 11 is 0. The van der Waals surface area contributed by atoms with Crippen LogP contribution in [0, 0.1) is 11.7 Å². The first-order valence-electron chi connectivity index (χ1n) is 8.46. The number of benzene rings is 1. The van der Waals surface area contributed by atoms with Gasteiger partial charge in [0.1, 0.15) is 16.4 Å². The van der Waals surface area contributed by atoms with Gasteiger partial charge < -0.3 is 9.84 Å². The van der Waals surface area contributed by atoms with Crippen molar-refractivity contribution in [1.29, 1.82) is 0 Å². The molecule has 150 valence electrons. The van der Waals surface area contributed by atoms with Crippen molar-refractivity contribution in [1.82, 2.24) is 14.5 Å². The van der Waals surface area contributed by atoms with Gasteiger partial charge in [-0.15, -0.1) is 0 Å². The molecule has 2 aromatic rings. The predicted molar refractivity (Wildman–Crippen MR) is 93.6 cm³/mol. The van der Waals surface area contributed by atoms with Crippen LogP contribution in [0.5, 0.6) is 0 Å². The van der Waals surface area contributed by atoms with Gasteiger partial charge in [-0.1, -0.05) is 12.1 Å². The first-order valence-corrected chi connectivity index (χ1v) is 9.94. The van der Waals surface area contributed by atoms with Crippen LogP contribution in [0.2, 0.25) is 0 Å². The summed E-state index contributed by atoms with van der Waals surface area (Å²) in [5, 5.41) is 12.5. The highest BCUT2D eigenvalue weighted by atomic mass is 32.2. The van der Waals surface area contributed by atoms with Crippen molar-refractivity contribution in [2.75, 3.05) is 6.61 Å². The van der Waals surface area contributed by atoms with Crippen LogP contribution in [-0.4, -0.2) is 47.9 Å². The van der Waals surface area contributed by atoms with Crippen LogP contribution in [0.1, 0.15) is 19.3 Å². The number of carboxylic acid groups (broad SMARTS) is 1. The predicted octanol–water partition coefficient (Wildman–Crippen LogP) is 1.09. The third-order valence-corrected chi connectivity index (χ3v) is 5.64. The molecule has 1 saturated heterocycles. The first-order chi connectivity index (χ1) is 13.3. The lowest BCUT2D eigenvalue weighted by atomic mass is 10.0. The first kappa shape index (κ1) is 20.0. The maximum absolute atomic E-state index is 13.8. The standard InChI is InChI=1S/C17H18FN3O6S/c18-14-3-1-2-4-15(14)21-9-13(8-19-21)28(25,26)20-17(24)11-7-12(27-10-11)5-6-16(22)23/h1-4,8-9,11-12H,5-7,10H2,(H,20,24)(H,22,23). The second-order valence-corrected chi connectivity index (χ2v) is 8.04. The Labute approximate surface area is 160 Å². The molecule has 3 rings (SSSR count). The Bertz CT molecular complexity index is 990. The summed E-state index contributed by atoms with van der Waals surface area (Å²) in [6.07, 6.45) is 2.12. The highest BCUT2D eigenvalue weighted by Gasteiger charge is 2.33. The molecule has 0 aliphatic carbocycles. The van der Waals surface area contributed by atoms with Crippen LogP contribution in [0.25, 0.3) is 5.69 Å². The van der Waals surface area contributed by atoms with E-state index in [9.17, 15) is 22.4 Å². The summed E-state index contributed by atoms with van der Waals surface area (Å²) in [6.45, 7) is 0.0140. The number of para-hydroxylation sites is 1. The highest BCUT2D eigenvalue weighted by Crippen LogP contribution is 2.24. The molecule has 1 fully saturated rings. The topological polar surface area (TPSA) is 128 Å². The van der Waals surface area contributed by atoms with E-state index in [0.717, 1.165) is 17.1 Å². The van der Waals surface area contributed by atoms with E-state index in [2.05, 4.69) is 5.10 Å². The number of rotatable bonds is 7. The van der Waals surface area contributed by atoms with Gasteiger partial charge in [-0.05, 0) is 25.0 Å². The smallest absolute Gasteiger partial charge is 0.303 e. The summed E-state index contributed by atoms with van der Waals surface area (Å²) in [5.74, 6) is -2.98. The van der Waals surface area contributed by atoms with E-state index in [1.807, 2.05) is 4.72 Å². The quantitative estimate of drug-likeness (QED) is 0.698. The van der Waals surface area contributed by atoms with E-state index >= 15 is 0 Å². The maximum Gasteiger partial charge on any atom is 0.303 e. The van der Waals surface area contributed by atoms with Crippen LogP contribution >= 0.6 is 0 Å². The Morgan fingerprint density at radius 1 is 1.36 bits per heavy atom. The number of aromatic nitrogens is 2. The number of carbonyl (C=O) groups excluding carboxylic acids is 1. The number of carboxylic acids is 1. The van der Waals surface area contributed by atoms with Crippen molar-refractivity contribution in [2.24, 2.45) is 5.92 Å². The Balaban J connectivity index is 1.65. The third kappa shape index (κ3) is 4.54. The molecule has 1 aliphatic rings. The van der Waals surface area contributed by atoms with Crippen molar-refractivity contribution in [3.63, 3.8) is 0 Å². The van der Waals surface area contributed by atoms with Crippen molar-refractivity contribution >= 4 is 21.9 Å². The molecular weight excluding hydrogens is 393 g/mol. The van der Waals surface area contributed by atoms with Crippen molar-refractivity contribution < 1.29 is 32.2 Å². The van der Waals surface area contributed by atoms with Crippen molar-refractivity contribution in [3.8, 4) is 5.69 Å². The van der Waals surface area contributed by atoms with Crippen LogP contribution in [0.15, 0.2) is 41.6 Å². The number of ether oxygens (including phenoxy) is 1. The Hall–Kier alpha value is -2.79. The zero-order valence-corrected chi connectivity index (χ0v) is 15.4. The molecule has 9 nitrogen and oxygen atoms in total. The maximum atomic E-state index is 13.8. The number of nitrogens with one attached hydrogen (secondary N) is 1. The highest BCUT2D eigenvalue weighted by molar-refractivity contribution is 7.90. The van der Waals surface area contributed by atoms with E-state index in [4.69, 9.17) is 9.84 Å². The minimum absolute atomic E-state index is 0.0140. The van der Waals surface area contributed by atoms with Gasteiger partial charge in [0, 0.05) is 6.42 Å². The lowest BCUT2D eigenvalue weighted by Crippen LogP contribution is -2.35. The summed E-state index contributed by atoms with van der Waals surface area (Å²) in [4.78, 5) is 22.6. The average molecular weight is 411 g/mol. The van der Waals surface area contributed by atoms with E-state index in [1.165, 1.54) is 18.2 Å². The number of aliphatic carboxylic acids is 1. The third-order valence-electron chi connectivity index (χ3n) is 4.33. The average Bonchev–Trinajstić information content (AvgIpc) is 3.30. The molecule has 0 bridgehead atoms. The van der Waals surface area contributed by atoms with Gasteiger partial charge in [-0.25, -0.2) is 22.2 Å². The van der Waals surface area contributed by atoms with Crippen molar-refractivity contribution in [3.05, 3.63) is 42.5 Å². The lowest BCUT2D eigenvalue weighted by molar-refractivity contribution is -0.137.